The normalized spacial score (nSPS) is 12.7. The van der Waals surface area contributed by atoms with Crippen LogP contribution in [0.15, 0.2) is 48.5 Å². The molecule has 1 aliphatic carbocycles. The van der Waals surface area contributed by atoms with Gasteiger partial charge in [0.25, 0.3) is 0 Å². The van der Waals surface area contributed by atoms with E-state index in [4.69, 9.17) is 25.8 Å². The second-order valence-corrected chi connectivity index (χ2v) is 7.47. The Labute approximate surface area is 186 Å². The summed E-state index contributed by atoms with van der Waals surface area (Å²) in [5.74, 6) is 1.84. The molecule has 3 aromatic rings. The van der Waals surface area contributed by atoms with E-state index in [0.29, 0.717) is 22.7 Å². The zero-order chi connectivity index (χ0) is 22.0. The summed E-state index contributed by atoms with van der Waals surface area (Å²) in [7, 11) is 4.79. The SMILES string of the molecule is COc1ccc(-c2cc(C3=C(Cl)c4ccc(OC)cc4CC3)c(C#N)c(OC)n2)cc1. The predicted octanol–water partition coefficient (Wildman–Crippen LogP) is 5.70. The molecule has 5 nitrogen and oxygen atoms in total. The van der Waals surface area contributed by atoms with Crippen molar-refractivity contribution >= 4 is 22.2 Å². The molecule has 0 aliphatic heterocycles. The Kier molecular flexibility index (Phi) is 5.83. The number of hydrogen-bond donors (Lipinski definition) is 0. The molecule has 1 aliphatic rings. The lowest BCUT2D eigenvalue weighted by molar-refractivity contribution is 0.397. The third-order valence-corrected chi connectivity index (χ3v) is 5.89. The Morgan fingerprint density at radius 1 is 0.871 bits per heavy atom. The topological polar surface area (TPSA) is 64.4 Å². The number of hydrogen-bond acceptors (Lipinski definition) is 5. The van der Waals surface area contributed by atoms with Crippen LogP contribution in [0.2, 0.25) is 0 Å². The van der Waals surface area contributed by atoms with Crippen LogP contribution in [0.1, 0.15) is 28.7 Å². The number of allylic oxidation sites excluding steroid dienone is 1. The van der Waals surface area contributed by atoms with Gasteiger partial charge in [-0.1, -0.05) is 11.6 Å². The molecular formula is C25H21ClN2O3. The van der Waals surface area contributed by atoms with Gasteiger partial charge in [-0.3, -0.25) is 0 Å². The molecule has 156 valence electrons. The predicted molar refractivity (Wildman–Crippen MR) is 121 cm³/mol. The van der Waals surface area contributed by atoms with Crippen molar-refractivity contribution in [3.63, 3.8) is 0 Å². The molecule has 0 N–H and O–H groups in total. The molecule has 6 heteroatoms. The largest absolute Gasteiger partial charge is 0.497 e. The molecule has 0 amide bonds. The Morgan fingerprint density at radius 3 is 2.23 bits per heavy atom. The lowest BCUT2D eigenvalue weighted by atomic mass is 9.86. The van der Waals surface area contributed by atoms with Crippen LogP contribution in [-0.2, 0) is 6.42 Å². The number of fused-ring (bicyclic) bond motifs is 1. The summed E-state index contributed by atoms with van der Waals surface area (Å²) in [5, 5.41) is 10.5. The number of ether oxygens (including phenoxy) is 3. The minimum atomic E-state index is 0.281. The Balaban J connectivity index is 1.89. The number of aromatic nitrogens is 1. The fourth-order valence-electron chi connectivity index (χ4n) is 3.83. The molecule has 31 heavy (non-hydrogen) atoms. The van der Waals surface area contributed by atoms with Crippen LogP contribution in [0, 0.1) is 11.3 Å². The van der Waals surface area contributed by atoms with Gasteiger partial charge in [0.1, 0.15) is 23.1 Å². The summed E-state index contributed by atoms with van der Waals surface area (Å²) in [6, 6.07) is 17.6. The maximum absolute atomic E-state index is 9.87. The molecule has 0 atom stereocenters. The van der Waals surface area contributed by atoms with E-state index < -0.39 is 0 Å². The minimum Gasteiger partial charge on any atom is -0.497 e. The average Bonchev–Trinajstić information content (AvgIpc) is 2.83. The van der Waals surface area contributed by atoms with E-state index in [-0.39, 0.29) is 5.88 Å². The highest BCUT2D eigenvalue weighted by atomic mass is 35.5. The lowest BCUT2D eigenvalue weighted by Crippen LogP contribution is -2.06. The van der Waals surface area contributed by atoms with Crippen LogP contribution >= 0.6 is 11.6 Å². The number of benzene rings is 2. The number of pyridine rings is 1. The van der Waals surface area contributed by atoms with Gasteiger partial charge in [-0.25, -0.2) is 4.98 Å². The Morgan fingerprint density at radius 2 is 1.58 bits per heavy atom. The van der Waals surface area contributed by atoms with E-state index >= 15 is 0 Å². The first kappa shape index (κ1) is 20.8. The van der Waals surface area contributed by atoms with Gasteiger partial charge in [0.15, 0.2) is 0 Å². The Hall–Kier alpha value is -3.49. The molecule has 0 saturated heterocycles. The summed E-state index contributed by atoms with van der Waals surface area (Å²) < 4.78 is 16.1. The maximum atomic E-state index is 9.87. The van der Waals surface area contributed by atoms with Crippen molar-refractivity contribution in [2.45, 2.75) is 12.8 Å². The third-order valence-electron chi connectivity index (χ3n) is 5.46. The first-order valence-corrected chi connectivity index (χ1v) is 10.2. The first-order chi connectivity index (χ1) is 15.1. The van der Waals surface area contributed by atoms with E-state index in [1.807, 2.05) is 48.5 Å². The zero-order valence-corrected chi connectivity index (χ0v) is 18.3. The van der Waals surface area contributed by atoms with Crippen molar-refractivity contribution in [2.24, 2.45) is 0 Å². The van der Waals surface area contributed by atoms with Gasteiger partial charge in [0.2, 0.25) is 5.88 Å². The van der Waals surface area contributed by atoms with Crippen LogP contribution in [0.4, 0.5) is 0 Å². The summed E-state index contributed by atoms with van der Waals surface area (Å²) in [4.78, 5) is 4.57. The van der Waals surface area contributed by atoms with E-state index in [9.17, 15) is 5.26 Å². The van der Waals surface area contributed by atoms with E-state index in [0.717, 1.165) is 45.7 Å². The average molecular weight is 433 g/mol. The minimum absolute atomic E-state index is 0.281. The van der Waals surface area contributed by atoms with Gasteiger partial charge in [0, 0.05) is 11.1 Å². The van der Waals surface area contributed by atoms with Gasteiger partial charge in [-0.15, -0.1) is 0 Å². The molecule has 0 fully saturated rings. The van der Waals surface area contributed by atoms with Crippen LogP contribution in [0.25, 0.3) is 21.9 Å². The standard InChI is InChI=1S/C25H21ClN2O3/c1-29-17-7-4-15(5-8-17)23-13-21(22(14-27)25(28-23)31-3)20-10-6-16-12-18(30-2)9-11-19(16)24(20)26/h4-5,7-9,11-13H,6,10H2,1-3H3. The number of halogens is 1. The maximum Gasteiger partial charge on any atom is 0.232 e. The number of rotatable bonds is 5. The van der Waals surface area contributed by atoms with E-state index in [1.165, 1.54) is 7.11 Å². The third kappa shape index (κ3) is 3.83. The molecule has 0 saturated carbocycles. The molecule has 1 aromatic heterocycles. The lowest BCUT2D eigenvalue weighted by Gasteiger charge is -2.22. The fourth-order valence-corrected chi connectivity index (χ4v) is 4.21. The number of nitrogens with zero attached hydrogens (tertiary/aromatic N) is 2. The first-order valence-electron chi connectivity index (χ1n) is 9.79. The second-order valence-electron chi connectivity index (χ2n) is 7.10. The van der Waals surface area contributed by atoms with Crippen LogP contribution in [-0.4, -0.2) is 26.3 Å². The number of aryl methyl sites for hydroxylation is 1. The molecule has 0 unspecified atom stereocenters. The highest BCUT2D eigenvalue weighted by molar-refractivity contribution is 6.53. The number of methoxy groups -OCH3 is 3. The van der Waals surface area contributed by atoms with Gasteiger partial charge in [-0.05, 0) is 78.1 Å². The molecule has 0 spiro atoms. The molecule has 1 heterocycles. The molecule has 4 rings (SSSR count). The van der Waals surface area contributed by atoms with Crippen LogP contribution in [0.5, 0.6) is 17.4 Å². The summed E-state index contributed by atoms with van der Waals surface area (Å²) >= 11 is 6.86. The smallest absolute Gasteiger partial charge is 0.232 e. The monoisotopic (exact) mass is 432 g/mol. The van der Waals surface area contributed by atoms with Crippen molar-refractivity contribution < 1.29 is 14.2 Å². The van der Waals surface area contributed by atoms with Gasteiger partial charge in [-0.2, -0.15) is 5.26 Å². The van der Waals surface area contributed by atoms with Gasteiger partial charge < -0.3 is 14.2 Å². The highest BCUT2D eigenvalue weighted by Crippen LogP contribution is 2.43. The number of nitriles is 1. The molecule has 0 bridgehead atoms. The van der Waals surface area contributed by atoms with Gasteiger partial charge in [0.05, 0.1) is 32.1 Å². The van der Waals surface area contributed by atoms with Crippen molar-refractivity contribution in [1.29, 1.82) is 5.26 Å². The van der Waals surface area contributed by atoms with Crippen molar-refractivity contribution in [3.8, 4) is 34.7 Å². The Bertz CT molecular complexity index is 1210. The second kappa shape index (κ2) is 8.71. The fraction of sp³-hybridized carbons (Fsp3) is 0.200. The molecular weight excluding hydrogens is 412 g/mol. The summed E-state index contributed by atoms with van der Waals surface area (Å²) in [5.41, 5.74) is 5.70. The van der Waals surface area contributed by atoms with Crippen LogP contribution < -0.4 is 14.2 Å². The van der Waals surface area contributed by atoms with Crippen molar-refractivity contribution in [2.75, 3.05) is 21.3 Å². The zero-order valence-electron chi connectivity index (χ0n) is 17.5. The molecule has 0 radical (unpaired) electrons. The van der Waals surface area contributed by atoms with Crippen LogP contribution in [0.3, 0.4) is 0 Å². The summed E-state index contributed by atoms with van der Waals surface area (Å²) in [6.07, 6.45) is 1.49. The quantitative estimate of drug-likeness (QED) is 0.517. The van der Waals surface area contributed by atoms with Crippen molar-refractivity contribution in [1.82, 2.24) is 4.98 Å². The molecule has 2 aromatic carbocycles. The van der Waals surface area contributed by atoms with Crippen molar-refractivity contribution in [3.05, 3.63) is 70.8 Å². The highest BCUT2D eigenvalue weighted by Gasteiger charge is 2.24. The van der Waals surface area contributed by atoms with Gasteiger partial charge >= 0.3 is 0 Å². The van der Waals surface area contributed by atoms with E-state index in [1.54, 1.807) is 14.2 Å². The summed E-state index contributed by atoms with van der Waals surface area (Å²) in [6.45, 7) is 0. The van der Waals surface area contributed by atoms with E-state index in [2.05, 4.69) is 11.1 Å².